The molecule has 3 rings (SSSR count). The van der Waals surface area contributed by atoms with Crippen LogP contribution in [0.25, 0.3) is 0 Å². The highest BCUT2D eigenvalue weighted by Crippen LogP contribution is 2.39. The first kappa shape index (κ1) is 20.5. The van der Waals surface area contributed by atoms with Crippen molar-refractivity contribution in [3.63, 3.8) is 0 Å². The van der Waals surface area contributed by atoms with Crippen molar-refractivity contribution >= 4 is 24.2 Å². The lowest BCUT2D eigenvalue weighted by Gasteiger charge is -2.40. The van der Waals surface area contributed by atoms with Crippen LogP contribution in [-0.4, -0.2) is 62.7 Å². The van der Waals surface area contributed by atoms with Gasteiger partial charge in [-0.3, -0.25) is 9.59 Å². The number of rotatable bonds is 7. The Hall–Kier alpha value is -1.83. The molecular formula is C18H26ClN3O4. The molecule has 2 N–H and O–H groups in total. The zero-order valence-corrected chi connectivity index (χ0v) is 15.9. The Bertz CT molecular complexity index is 621. The normalized spacial score (nSPS) is 22.5. The maximum atomic E-state index is 12.6. The average Bonchev–Trinajstić information content (AvgIpc) is 3.46. The smallest absolute Gasteiger partial charge is 0.251 e. The monoisotopic (exact) mass is 383 g/mol. The summed E-state index contributed by atoms with van der Waals surface area (Å²) in [4.78, 5) is 26.9. The predicted molar refractivity (Wildman–Crippen MR) is 99.5 cm³/mol. The molecule has 1 heterocycles. The van der Waals surface area contributed by atoms with Crippen molar-refractivity contribution in [1.82, 2.24) is 15.5 Å². The maximum Gasteiger partial charge on any atom is 0.251 e. The molecule has 0 bridgehead atoms. The third kappa shape index (κ3) is 4.47. The summed E-state index contributed by atoms with van der Waals surface area (Å²) in [6, 6.07) is 7.28. The van der Waals surface area contributed by atoms with Gasteiger partial charge in [-0.1, -0.05) is 12.1 Å². The molecule has 2 atom stereocenters. The van der Waals surface area contributed by atoms with Crippen molar-refractivity contribution < 1.29 is 19.1 Å². The second-order valence-corrected chi connectivity index (χ2v) is 6.38. The number of morpholine rings is 1. The fourth-order valence-corrected chi connectivity index (χ4v) is 3.18. The Balaban J connectivity index is 0.00000243. The van der Waals surface area contributed by atoms with Gasteiger partial charge in [-0.2, -0.15) is 0 Å². The zero-order chi connectivity index (χ0) is 17.8. The minimum atomic E-state index is -0.705. The van der Waals surface area contributed by atoms with Crippen molar-refractivity contribution in [1.29, 1.82) is 0 Å². The van der Waals surface area contributed by atoms with Crippen molar-refractivity contribution in [2.24, 2.45) is 0 Å². The van der Waals surface area contributed by atoms with Crippen LogP contribution in [0.4, 0.5) is 0 Å². The van der Waals surface area contributed by atoms with E-state index in [0.717, 1.165) is 24.2 Å². The van der Waals surface area contributed by atoms with E-state index < -0.39 is 12.1 Å². The van der Waals surface area contributed by atoms with Gasteiger partial charge in [0, 0.05) is 19.1 Å². The van der Waals surface area contributed by atoms with Crippen LogP contribution in [0.3, 0.4) is 0 Å². The number of benzene rings is 1. The topological polar surface area (TPSA) is 79.9 Å². The summed E-state index contributed by atoms with van der Waals surface area (Å²) in [7, 11) is 3.44. The standard InChI is InChI=1S/C18H25N3O4.ClH/c1-19-9-10-20-18(23)17-16(12-3-7-14(24-2)8-4-12)21(13-5-6-13)15(22)11-25-17;/h3-4,7-8,13,16-17,19H,5-6,9-11H2,1-2H3,(H,20,23);1H/t16-,17+;/m1./s1. The van der Waals surface area contributed by atoms with Gasteiger partial charge in [0.1, 0.15) is 12.4 Å². The number of hydrogen-bond acceptors (Lipinski definition) is 5. The minimum Gasteiger partial charge on any atom is -0.497 e. The molecule has 2 aliphatic rings. The van der Waals surface area contributed by atoms with E-state index in [4.69, 9.17) is 9.47 Å². The summed E-state index contributed by atoms with van der Waals surface area (Å²) in [5.41, 5.74) is 0.884. The first-order valence-corrected chi connectivity index (χ1v) is 8.64. The Labute approximate surface area is 159 Å². The fraction of sp³-hybridized carbons (Fsp3) is 0.556. The van der Waals surface area contributed by atoms with E-state index in [2.05, 4.69) is 10.6 Å². The van der Waals surface area contributed by atoms with Crippen molar-refractivity contribution in [3.8, 4) is 5.75 Å². The van der Waals surface area contributed by atoms with E-state index >= 15 is 0 Å². The first-order chi connectivity index (χ1) is 12.2. The molecule has 1 saturated carbocycles. The summed E-state index contributed by atoms with van der Waals surface area (Å²) in [6.45, 7) is 1.14. The van der Waals surface area contributed by atoms with Gasteiger partial charge in [-0.05, 0) is 37.6 Å². The number of methoxy groups -OCH3 is 1. The highest BCUT2D eigenvalue weighted by molar-refractivity contribution is 5.86. The molecule has 0 unspecified atom stereocenters. The molecule has 144 valence electrons. The third-order valence-electron chi connectivity index (χ3n) is 4.59. The van der Waals surface area contributed by atoms with Crippen LogP contribution in [-0.2, 0) is 14.3 Å². The lowest BCUT2D eigenvalue weighted by atomic mass is 9.96. The molecule has 1 aromatic carbocycles. The number of nitrogens with one attached hydrogen (secondary N) is 2. The van der Waals surface area contributed by atoms with Crippen molar-refractivity contribution in [3.05, 3.63) is 29.8 Å². The van der Waals surface area contributed by atoms with Crippen LogP contribution in [0.2, 0.25) is 0 Å². The van der Waals surface area contributed by atoms with Crippen molar-refractivity contribution in [2.75, 3.05) is 33.9 Å². The molecule has 0 radical (unpaired) electrons. The fourth-order valence-electron chi connectivity index (χ4n) is 3.18. The number of likely N-dealkylation sites (N-methyl/N-ethyl adjacent to an activating group) is 1. The summed E-state index contributed by atoms with van der Waals surface area (Å²) >= 11 is 0. The van der Waals surface area contributed by atoms with Crippen LogP contribution in [0.5, 0.6) is 5.75 Å². The van der Waals surface area contributed by atoms with E-state index in [1.165, 1.54) is 0 Å². The molecule has 1 aliphatic carbocycles. The van der Waals surface area contributed by atoms with E-state index in [1.54, 1.807) is 7.11 Å². The lowest BCUT2D eigenvalue weighted by Crippen LogP contribution is -2.55. The molecule has 2 amide bonds. The molecule has 1 saturated heterocycles. The Morgan fingerprint density at radius 3 is 2.54 bits per heavy atom. The van der Waals surface area contributed by atoms with Crippen molar-refractivity contribution in [2.45, 2.75) is 31.0 Å². The third-order valence-corrected chi connectivity index (χ3v) is 4.59. The average molecular weight is 384 g/mol. The maximum absolute atomic E-state index is 12.6. The SMILES string of the molecule is CNCCNC(=O)[C@H]1OCC(=O)N(C2CC2)[C@@H]1c1ccc(OC)cc1.Cl. The lowest BCUT2D eigenvalue weighted by molar-refractivity contribution is -0.165. The number of nitrogens with zero attached hydrogens (tertiary/aromatic N) is 1. The molecule has 26 heavy (non-hydrogen) atoms. The Morgan fingerprint density at radius 2 is 1.96 bits per heavy atom. The van der Waals surface area contributed by atoms with Crippen LogP contribution in [0.15, 0.2) is 24.3 Å². The largest absolute Gasteiger partial charge is 0.497 e. The van der Waals surface area contributed by atoms with Gasteiger partial charge < -0.3 is 25.0 Å². The minimum absolute atomic E-state index is 0. The first-order valence-electron chi connectivity index (χ1n) is 8.64. The second-order valence-electron chi connectivity index (χ2n) is 6.38. The molecule has 7 nitrogen and oxygen atoms in total. The van der Waals surface area contributed by atoms with E-state index in [-0.39, 0.29) is 36.9 Å². The van der Waals surface area contributed by atoms with Gasteiger partial charge in [-0.25, -0.2) is 0 Å². The van der Waals surface area contributed by atoms with Gasteiger partial charge in [0.15, 0.2) is 6.10 Å². The highest BCUT2D eigenvalue weighted by atomic mass is 35.5. The number of amides is 2. The van der Waals surface area contributed by atoms with E-state index in [0.29, 0.717) is 13.1 Å². The highest BCUT2D eigenvalue weighted by Gasteiger charge is 2.47. The molecule has 1 aliphatic heterocycles. The van der Waals surface area contributed by atoms with Crippen LogP contribution < -0.4 is 15.4 Å². The van der Waals surface area contributed by atoms with Gasteiger partial charge in [0.05, 0.1) is 13.2 Å². The molecule has 0 spiro atoms. The summed E-state index contributed by atoms with van der Waals surface area (Å²) in [5, 5.41) is 5.87. The number of carbonyl (C=O) groups is 2. The van der Waals surface area contributed by atoms with Crippen LogP contribution in [0, 0.1) is 0 Å². The number of halogens is 1. The van der Waals surface area contributed by atoms with Gasteiger partial charge >= 0.3 is 0 Å². The quantitative estimate of drug-likeness (QED) is 0.683. The molecule has 8 heteroatoms. The second kappa shape index (κ2) is 9.21. The number of ether oxygens (including phenoxy) is 2. The summed E-state index contributed by atoms with van der Waals surface area (Å²) < 4.78 is 10.9. The molecular weight excluding hydrogens is 358 g/mol. The number of carbonyl (C=O) groups excluding carboxylic acids is 2. The summed E-state index contributed by atoms with van der Waals surface area (Å²) in [5.74, 6) is 0.497. The van der Waals surface area contributed by atoms with Crippen LogP contribution >= 0.6 is 12.4 Å². The predicted octanol–water partition coefficient (Wildman–Crippen LogP) is 0.884. The van der Waals surface area contributed by atoms with E-state index in [1.807, 2.05) is 36.2 Å². The van der Waals surface area contributed by atoms with Gasteiger partial charge in [0.25, 0.3) is 5.91 Å². The van der Waals surface area contributed by atoms with E-state index in [9.17, 15) is 9.59 Å². The van der Waals surface area contributed by atoms with Gasteiger partial charge in [-0.15, -0.1) is 12.4 Å². The summed E-state index contributed by atoms with van der Waals surface area (Å²) in [6.07, 6.45) is 1.25. The molecule has 2 fully saturated rings. The zero-order valence-electron chi connectivity index (χ0n) is 15.1. The molecule has 0 aromatic heterocycles. The molecule has 1 aromatic rings. The Morgan fingerprint density at radius 1 is 1.27 bits per heavy atom. The Kier molecular flexibility index (Phi) is 7.25. The van der Waals surface area contributed by atoms with Gasteiger partial charge in [0.2, 0.25) is 5.91 Å². The number of hydrogen-bond donors (Lipinski definition) is 2. The van der Waals surface area contributed by atoms with Crippen LogP contribution in [0.1, 0.15) is 24.4 Å².